The predicted octanol–water partition coefficient (Wildman–Crippen LogP) is 2.23. The molecule has 0 radical (unpaired) electrons. The molecule has 1 unspecified atom stereocenters. The van der Waals surface area contributed by atoms with Crippen LogP contribution < -0.4 is 20.9 Å². The van der Waals surface area contributed by atoms with Gasteiger partial charge in [-0.2, -0.15) is 8.78 Å². The fourth-order valence-corrected chi connectivity index (χ4v) is 3.72. The number of hydrogen-bond donors (Lipinski definition) is 4. The van der Waals surface area contributed by atoms with E-state index in [0.717, 1.165) is 17.7 Å². The van der Waals surface area contributed by atoms with E-state index in [9.17, 15) is 18.7 Å². The predicted molar refractivity (Wildman–Crippen MR) is 128 cm³/mol. The Morgan fingerprint density at radius 2 is 1.89 bits per heavy atom. The molecule has 4 N–H and O–H groups in total. The molecular weight excluding hydrogens is 458 g/mol. The molecule has 2 aromatic carbocycles. The van der Waals surface area contributed by atoms with E-state index < -0.39 is 12.7 Å². The Kier molecular flexibility index (Phi) is 9.98. The molecule has 35 heavy (non-hydrogen) atoms. The largest absolute Gasteiger partial charge is 0.435 e. The Bertz CT molecular complexity index is 970. The van der Waals surface area contributed by atoms with Crippen molar-refractivity contribution in [3.8, 4) is 5.75 Å². The minimum absolute atomic E-state index is 0.0127. The van der Waals surface area contributed by atoms with Gasteiger partial charge in [0.05, 0.1) is 18.8 Å². The maximum Gasteiger partial charge on any atom is 0.387 e. The van der Waals surface area contributed by atoms with Gasteiger partial charge in [0.1, 0.15) is 5.75 Å². The number of ether oxygens (including phenoxy) is 2. The van der Waals surface area contributed by atoms with Gasteiger partial charge in [0.15, 0.2) is 0 Å². The van der Waals surface area contributed by atoms with Crippen molar-refractivity contribution in [2.75, 3.05) is 40.4 Å². The molecule has 0 spiro atoms. The third-order valence-corrected chi connectivity index (χ3v) is 5.56. The molecule has 190 valence electrons. The average molecular weight is 491 g/mol. The summed E-state index contributed by atoms with van der Waals surface area (Å²) in [7, 11) is 3.40. The van der Waals surface area contributed by atoms with Gasteiger partial charge in [0, 0.05) is 38.5 Å². The number of rotatable bonds is 13. The smallest absolute Gasteiger partial charge is 0.387 e. The van der Waals surface area contributed by atoms with Crippen LogP contribution >= 0.6 is 0 Å². The summed E-state index contributed by atoms with van der Waals surface area (Å²) < 4.78 is 33.8. The Hall–Kier alpha value is -3.05. The summed E-state index contributed by atoms with van der Waals surface area (Å²) in [4.78, 5) is 14.4. The SMILES string of the molecule is COCC1=CC(CN(C)C(=O)c2ccc(CCNC[C@H](O)c3ccc(OC(F)F)cc3)cc2)NN1. The second kappa shape index (κ2) is 13.1. The lowest BCUT2D eigenvalue weighted by molar-refractivity contribution is -0.0498. The van der Waals surface area contributed by atoms with Crippen molar-refractivity contribution in [1.82, 2.24) is 21.1 Å². The first kappa shape index (κ1) is 26.6. The van der Waals surface area contributed by atoms with E-state index in [4.69, 9.17) is 4.74 Å². The van der Waals surface area contributed by atoms with Crippen molar-refractivity contribution in [1.29, 1.82) is 0 Å². The number of amides is 1. The molecular formula is C25H32F2N4O4. The second-order valence-corrected chi connectivity index (χ2v) is 8.30. The summed E-state index contributed by atoms with van der Waals surface area (Å²) in [5.74, 6) is -0.00421. The molecule has 0 aromatic heterocycles. The summed E-state index contributed by atoms with van der Waals surface area (Å²) in [6.07, 6.45) is 1.97. The number of likely N-dealkylation sites (N-methyl/N-ethyl adjacent to an activating group) is 1. The number of alkyl halides is 2. The van der Waals surface area contributed by atoms with E-state index in [-0.39, 0.29) is 17.7 Å². The fraction of sp³-hybridized carbons (Fsp3) is 0.400. The van der Waals surface area contributed by atoms with Crippen LogP contribution in [0.3, 0.4) is 0 Å². The third-order valence-electron chi connectivity index (χ3n) is 5.56. The summed E-state index contributed by atoms with van der Waals surface area (Å²) in [5.41, 5.74) is 9.40. The van der Waals surface area contributed by atoms with Crippen LogP contribution in [-0.2, 0) is 11.2 Å². The van der Waals surface area contributed by atoms with Crippen LogP contribution in [0.4, 0.5) is 8.78 Å². The number of carbonyl (C=O) groups is 1. The van der Waals surface area contributed by atoms with Crippen LogP contribution in [0.25, 0.3) is 0 Å². The first-order valence-corrected chi connectivity index (χ1v) is 11.3. The van der Waals surface area contributed by atoms with Crippen LogP contribution in [-0.4, -0.2) is 69.0 Å². The number of hydrogen-bond acceptors (Lipinski definition) is 7. The Morgan fingerprint density at radius 1 is 1.17 bits per heavy atom. The molecule has 10 heteroatoms. The molecule has 0 aliphatic carbocycles. The molecule has 1 amide bonds. The van der Waals surface area contributed by atoms with E-state index in [2.05, 4.69) is 20.9 Å². The zero-order chi connectivity index (χ0) is 25.2. The number of methoxy groups -OCH3 is 1. The van der Waals surface area contributed by atoms with Gasteiger partial charge in [-0.15, -0.1) is 0 Å². The quantitative estimate of drug-likeness (QED) is 0.320. The van der Waals surface area contributed by atoms with Crippen LogP contribution in [0.1, 0.15) is 27.6 Å². The highest BCUT2D eigenvalue weighted by Crippen LogP contribution is 2.19. The minimum Gasteiger partial charge on any atom is -0.435 e. The maximum atomic E-state index is 12.7. The van der Waals surface area contributed by atoms with Gasteiger partial charge in [-0.05, 0) is 54.4 Å². The fourth-order valence-electron chi connectivity index (χ4n) is 3.72. The summed E-state index contributed by atoms with van der Waals surface area (Å²) in [5, 5.41) is 13.5. The average Bonchev–Trinajstić information content (AvgIpc) is 3.28. The van der Waals surface area contributed by atoms with Crippen molar-refractivity contribution < 1.29 is 28.2 Å². The second-order valence-electron chi connectivity index (χ2n) is 8.30. The van der Waals surface area contributed by atoms with E-state index in [1.807, 2.05) is 30.3 Å². The molecule has 8 nitrogen and oxygen atoms in total. The number of halogens is 2. The van der Waals surface area contributed by atoms with E-state index in [1.54, 1.807) is 31.2 Å². The lowest BCUT2D eigenvalue weighted by atomic mass is 10.1. The van der Waals surface area contributed by atoms with Gasteiger partial charge < -0.3 is 30.2 Å². The molecule has 0 saturated heterocycles. The zero-order valence-corrected chi connectivity index (χ0v) is 19.8. The van der Waals surface area contributed by atoms with Gasteiger partial charge in [0.2, 0.25) is 0 Å². The lowest BCUT2D eigenvalue weighted by Gasteiger charge is -2.20. The number of nitrogens with zero attached hydrogens (tertiary/aromatic N) is 1. The highest BCUT2D eigenvalue weighted by Gasteiger charge is 2.19. The number of nitrogens with one attached hydrogen (secondary N) is 3. The monoisotopic (exact) mass is 490 g/mol. The first-order valence-electron chi connectivity index (χ1n) is 11.3. The normalized spacial score (nSPS) is 16.1. The zero-order valence-electron chi connectivity index (χ0n) is 19.8. The van der Waals surface area contributed by atoms with Crippen LogP contribution in [0.15, 0.2) is 60.3 Å². The number of benzene rings is 2. The van der Waals surface area contributed by atoms with Gasteiger partial charge in [0.25, 0.3) is 5.91 Å². The summed E-state index contributed by atoms with van der Waals surface area (Å²) in [6, 6.07) is 13.4. The van der Waals surface area contributed by atoms with Gasteiger partial charge >= 0.3 is 6.61 Å². The Morgan fingerprint density at radius 3 is 2.54 bits per heavy atom. The molecule has 0 fully saturated rings. The molecule has 3 rings (SSSR count). The number of aliphatic hydroxyl groups excluding tert-OH is 1. The van der Waals surface area contributed by atoms with Crippen molar-refractivity contribution in [3.63, 3.8) is 0 Å². The number of carbonyl (C=O) groups excluding carboxylic acids is 1. The van der Waals surface area contributed by atoms with Crippen LogP contribution in [0, 0.1) is 0 Å². The standard InChI is InChI=1S/C25H32F2N4O4/c1-31(15-20-13-21(16-34-2)30-29-20)24(33)19-5-3-17(4-6-19)11-12-28-14-23(32)18-7-9-22(10-8-18)35-25(26)27/h3-10,13,20,23,25,28-30,32H,11-12,14-16H2,1-2H3/t20?,23-/m0/s1. The van der Waals surface area contributed by atoms with Crippen LogP contribution in [0.5, 0.6) is 5.75 Å². The molecule has 1 aliphatic rings. The molecule has 0 bridgehead atoms. The lowest BCUT2D eigenvalue weighted by Crippen LogP contribution is -2.42. The van der Waals surface area contributed by atoms with Crippen molar-refractivity contribution in [3.05, 3.63) is 77.0 Å². The van der Waals surface area contributed by atoms with Gasteiger partial charge in [-0.3, -0.25) is 4.79 Å². The van der Waals surface area contributed by atoms with Gasteiger partial charge in [-0.25, -0.2) is 5.43 Å². The molecule has 2 aromatic rings. The minimum atomic E-state index is -2.88. The summed E-state index contributed by atoms with van der Waals surface area (Å²) in [6.45, 7) is -0.911. The van der Waals surface area contributed by atoms with E-state index >= 15 is 0 Å². The Labute approximate surface area is 203 Å². The maximum absolute atomic E-state index is 12.7. The van der Waals surface area contributed by atoms with Crippen molar-refractivity contribution >= 4 is 5.91 Å². The highest BCUT2D eigenvalue weighted by molar-refractivity contribution is 5.94. The van der Waals surface area contributed by atoms with Crippen molar-refractivity contribution in [2.45, 2.75) is 25.2 Å². The highest BCUT2D eigenvalue weighted by atomic mass is 19.3. The molecule has 1 heterocycles. The van der Waals surface area contributed by atoms with E-state index in [1.165, 1.54) is 12.1 Å². The third kappa shape index (κ3) is 8.29. The molecule has 2 atom stereocenters. The van der Waals surface area contributed by atoms with E-state index in [0.29, 0.717) is 37.4 Å². The molecule has 1 aliphatic heterocycles. The molecule has 0 saturated carbocycles. The number of aliphatic hydroxyl groups is 1. The first-order chi connectivity index (χ1) is 16.9. The van der Waals surface area contributed by atoms with Gasteiger partial charge in [-0.1, -0.05) is 24.3 Å². The number of hydrazine groups is 1. The Balaban J connectivity index is 1.39. The topological polar surface area (TPSA) is 95.1 Å². The summed E-state index contributed by atoms with van der Waals surface area (Å²) >= 11 is 0. The van der Waals surface area contributed by atoms with Crippen molar-refractivity contribution in [2.24, 2.45) is 0 Å². The van der Waals surface area contributed by atoms with Crippen LogP contribution in [0.2, 0.25) is 0 Å².